The maximum absolute atomic E-state index is 12.5. The molecule has 2 atom stereocenters. The number of nitrogens with one attached hydrogen (secondary N) is 1. The quantitative estimate of drug-likeness (QED) is 0.680. The maximum Gasteiger partial charge on any atom is 0.337 e. The van der Waals surface area contributed by atoms with E-state index in [1.54, 1.807) is 12.1 Å². The maximum atomic E-state index is 12.5. The normalized spacial score (nSPS) is 17.9. The number of rotatable bonds is 6. The molecule has 3 N–H and O–H groups in total. The fourth-order valence-corrected chi connectivity index (χ4v) is 4.69. The Labute approximate surface area is 162 Å². The Kier molecular flexibility index (Phi) is 5.86. The van der Waals surface area contributed by atoms with Crippen LogP contribution in [0.2, 0.25) is 5.02 Å². The molecule has 0 amide bonds. The van der Waals surface area contributed by atoms with Crippen LogP contribution in [0.25, 0.3) is 0 Å². The van der Waals surface area contributed by atoms with Crippen molar-refractivity contribution in [3.8, 4) is 0 Å². The van der Waals surface area contributed by atoms with Crippen LogP contribution < -0.4 is 4.72 Å². The van der Waals surface area contributed by atoms with Crippen molar-refractivity contribution in [2.24, 2.45) is 0 Å². The molecular formula is C19H20ClNO5S. The lowest BCUT2D eigenvalue weighted by Gasteiger charge is -2.28. The third-order valence-corrected chi connectivity index (χ3v) is 6.53. The van der Waals surface area contributed by atoms with Gasteiger partial charge in [-0.25, -0.2) is 17.9 Å². The van der Waals surface area contributed by atoms with Gasteiger partial charge in [0.15, 0.2) is 6.10 Å². The molecule has 0 bridgehead atoms. The Balaban J connectivity index is 1.81. The van der Waals surface area contributed by atoms with Gasteiger partial charge in [0.05, 0.1) is 4.90 Å². The van der Waals surface area contributed by atoms with Crippen LogP contribution in [-0.4, -0.2) is 31.1 Å². The molecule has 1 aliphatic carbocycles. The minimum absolute atomic E-state index is 0.0863. The summed E-state index contributed by atoms with van der Waals surface area (Å²) in [7, 11) is -3.67. The summed E-state index contributed by atoms with van der Waals surface area (Å²) in [4.78, 5) is 11.3. The van der Waals surface area contributed by atoms with E-state index in [-0.39, 0.29) is 17.4 Å². The lowest BCUT2D eigenvalue weighted by Crippen LogP contribution is -2.30. The molecule has 0 aliphatic heterocycles. The first kappa shape index (κ1) is 19.8. The first-order valence-corrected chi connectivity index (χ1v) is 10.4. The van der Waals surface area contributed by atoms with Crippen molar-refractivity contribution in [3.05, 3.63) is 64.2 Å². The predicted octanol–water partition coefficient (Wildman–Crippen LogP) is 2.86. The molecule has 0 saturated heterocycles. The average molecular weight is 410 g/mol. The van der Waals surface area contributed by atoms with Gasteiger partial charge in [-0.05, 0) is 66.1 Å². The smallest absolute Gasteiger partial charge is 0.337 e. The van der Waals surface area contributed by atoms with Gasteiger partial charge >= 0.3 is 5.97 Å². The molecule has 144 valence electrons. The molecule has 2 aromatic rings. The fourth-order valence-electron chi connectivity index (χ4n) is 3.48. The lowest BCUT2D eigenvalue weighted by molar-refractivity contribution is -0.147. The second kappa shape index (κ2) is 7.98. The van der Waals surface area contributed by atoms with Crippen molar-refractivity contribution < 1.29 is 23.4 Å². The van der Waals surface area contributed by atoms with E-state index in [4.69, 9.17) is 16.7 Å². The number of aliphatic hydroxyl groups is 1. The van der Waals surface area contributed by atoms with E-state index in [0.717, 1.165) is 24.0 Å². The van der Waals surface area contributed by atoms with E-state index in [2.05, 4.69) is 4.72 Å². The summed E-state index contributed by atoms with van der Waals surface area (Å²) >= 11 is 5.80. The summed E-state index contributed by atoms with van der Waals surface area (Å²) in [5, 5.41) is 19.5. The van der Waals surface area contributed by atoms with Crippen LogP contribution in [0.5, 0.6) is 0 Å². The summed E-state index contributed by atoms with van der Waals surface area (Å²) in [6, 6.07) is 11.1. The lowest BCUT2D eigenvalue weighted by atomic mass is 9.80. The monoisotopic (exact) mass is 409 g/mol. The summed E-state index contributed by atoms with van der Waals surface area (Å²) in [6.45, 7) is 0.199. The van der Waals surface area contributed by atoms with E-state index in [9.17, 15) is 18.3 Å². The van der Waals surface area contributed by atoms with Crippen LogP contribution in [0.1, 0.15) is 41.6 Å². The predicted molar refractivity (Wildman–Crippen MR) is 101 cm³/mol. The van der Waals surface area contributed by atoms with Crippen molar-refractivity contribution in [2.45, 2.75) is 36.2 Å². The Morgan fingerprint density at radius 3 is 2.59 bits per heavy atom. The summed E-state index contributed by atoms with van der Waals surface area (Å²) in [5.41, 5.74) is 2.07. The first-order chi connectivity index (χ1) is 12.8. The van der Waals surface area contributed by atoms with Crippen LogP contribution in [0.15, 0.2) is 47.4 Å². The molecule has 8 heteroatoms. The van der Waals surface area contributed by atoms with Crippen molar-refractivity contribution in [3.63, 3.8) is 0 Å². The van der Waals surface area contributed by atoms with E-state index in [1.165, 1.54) is 24.3 Å². The molecule has 0 heterocycles. The van der Waals surface area contributed by atoms with Gasteiger partial charge < -0.3 is 10.2 Å². The number of hydrogen-bond acceptors (Lipinski definition) is 4. The van der Waals surface area contributed by atoms with Crippen molar-refractivity contribution >= 4 is 27.6 Å². The highest BCUT2D eigenvalue weighted by Crippen LogP contribution is 2.35. The Morgan fingerprint density at radius 1 is 1.22 bits per heavy atom. The number of carboxylic acid groups (broad SMARTS) is 1. The molecule has 2 unspecified atom stereocenters. The average Bonchev–Trinajstić information content (AvgIpc) is 2.65. The molecule has 1 aliphatic rings. The number of hydrogen-bond donors (Lipinski definition) is 3. The highest BCUT2D eigenvalue weighted by molar-refractivity contribution is 7.89. The van der Waals surface area contributed by atoms with Gasteiger partial charge in [-0.15, -0.1) is 0 Å². The zero-order chi connectivity index (χ0) is 19.6. The molecule has 0 fully saturated rings. The van der Waals surface area contributed by atoms with Crippen molar-refractivity contribution in [2.75, 3.05) is 6.54 Å². The third kappa shape index (κ3) is 4.32. The molecule has 27 heavy (non-hydrogen) atoms. The SMILES string of the molecule is O=C(O)C(O)c1cccc2c1CCCC2CNS(=O)(=O)c1ccc(Cl)cc1. The van der Waals surface area contributed by atoms with Crippen molar-refractivity contribution in [1.82, 2.24) is 4.72 Å². The first-order valence-electron chi connectivity index (χ1n) is 8.57. The third-order valence-electron chi connectivity index (χ3n) is 4.84. The summed E-state index contributed by atoms with van der Waals surface area (Å²) < 4.78 is 27.6. The van der Waals surface area contributed by atoms with E-state index in [0.29, 0.717) is 17.0 Å². The zero-order valence-corrected chi connectivity index (χ0v) is 16.0. The van der Waals surface area contributed by atoms with Crippen LogP contribution in [0.4, 0.5) is 0 Å². The largest absolute Gasteiger partial charge is 0.479 e. The number of carboxylic acids is 1. The highest BCUT2D eigenvalue weighted by atomic mass is 35.5. The highest BCUT2D eigenvalue weighted by Gasteiger charge is 2.28. The van der Waals surface area contributed by atoms with Gasteiger partial charge in [-0.2, -0.15) is 0 Å². The number of sulfonamides is 1. The molecule has 0 aromatic heterocycles. The summed E-state index contributed by atoms with van der Waals surface area (Å²) in [5.74, 6) is -1.38. The number of aliphatic hydroxyl groups excluding tert-OH is 1. The van der Waals surface area contributed by atoms with Gasteiger partial charge in [0.1, 0.15) is 0 Å². The molecule has 0 radical (unpaired) electrons. The van der Waals surface area contributed by atoms with Crippen LogP contribution in [0, 0.1) is 0 Å². The van der Waals surface area contributed by atoms with Crippen LogP contribution in [-0.2, 0) is 21.2 Å². The van der Waals surface area contributed by atoms with Gasteiger partial charge in [0.25, 0.3) is 0 Å². The van der Waals surface area contributed by atoms with Gasteiger partial charge in [-0.3, -0.25) is 0 Å². The van der Waals surface area contributed by atoms with Crippen LogP contribution >= 0.6 is 11.6 Å². The Morgan fingerprint density at radius 2 is 1.93 bits per heavy atom. The van der Waals surface area contributed by atoms with Crippen molar-refractivity contribution in [1.29, 1.82) is 0 Å². The van der Waals surface area contributed by atoms with E-state index in [1.807, 2.05) is 6.07 Å². The van der Waals surface area contributed by atoms with Crippen LogP contribution in [0.3, 0.4) is 0 Å². The van der Waals surface area contributed by atoms with Gasteiger partial charge in [-0.1, -0.05) is 29.8 Å². The van der Waals surface area contributed by atoms with Gasteiger partial charge in [0.2, 0.25) is 10.0 Å². The Hall–Kier alpha value is -1.93. The number of benzene rings is 2. The molecule has 6 nitrogen and oxygen atoms in total. The number of halogens is 1. The second-order valence-corrected chi connectivity index (χ2v) is 8.75. The van der Waals surface area contributed by atoms with E-state index >= 15 is 0 Å². The Bertz CT molecular complexity index is 943. The molecule has 0 spiro atoms. The molecule has 0 saturated carbocycles. The standard InChI is InChI=1S/C19H20ClNO5S/c20-13-7-9-14(10-8-13)27(25,26)21-11-12-3-1-5-16-15(12)4-2-6-17(16)18(22)19(23)24/h2,4,6-10,12,18,21-22H,1,3,5,11H2,(H,23,24). The minimum Gasteiger partial charge on any atom is -0.479 e. The number of carbonyl (C=O) groups is 1. The van der Waals surface area contributed by atoms with Gasteiger partial charge in [0, 0.05) is 11.6 Å². The zero-order valence-electron chi connectivity index (χ0n) is 14.4. The molecular weight excluding hydrogens is 390 g/mol. The minimum atomic E-state index is -3.67. The number of fused-ring (bicyclic) bond motifs is 1. The fraction of sp³-hybridized carbons (Fsp3) is 0.316. The summed E-state index contributed by atoms with van der Waals surface area (Å²) in [6.07, 6.45) is 0.660. The second-order valence-electron chi connectivity index (χ2n) is 6.55. The number of aliphatic carboxylic acids is 1. The topological polar surface area (TPSA) is 104 Å². The molecule has 2 aromatic carbocycles. The van der Waals surface area contributed by atoms with E-state index < -0.39 is 22.1 Å². The molecule has 3 rings (SSSR count).